The van der Waals surface area contributed by atoms with Crippen LogP contribution in [0.3, 0.4) is 0 Å². The van der Waals surface area contributed by atoms with Crippen LogP contribution >= 0.6 is 0 Å². The van der Waals surface area contributed by atoms with Crippen molar-refractivity contribution >= 4 is 5.69 Å². The zero-order valence-electron chi connectivity index (χ0n) is 11.5. The maximum Gasteiger partial charge on any atom is 0.213 e. The van der Waals surface area contributed by atoms with E-state index in [4.69, 9.17) is 10.5 Å². The van der Waals surface area contributed by atoms with Gasteiger partial charge in [-0.25, -0.2) is 4.98 Å². The van der Waals surface area contributed by atoms with Gasteiger partial charge in [-0.05, 0) is 68.3 Å². The molecule has 0 saturated heterocycles. The van der Waals surface area contributed by atoms with E-state index in [0.717, 1.165) is 40.8 Å². The van der Waals surface area contributed by atoms with Crippen molar-refractivity contribution in [2.24, 2.45) is 23.7 Å². The van der Waals surface area contributed by atoms with Gasteiger partial charge in [0, 0.05) is 6.07 Å². The molecule has 0 spiro atoms. The molecular weight excluding hydrogens is 236 g/mol. The fourth-order valence-electron chi connectivity index (χ4n) is 4.81. The summed E-state index contributed by atoms with van der Waals surface area (Å²) in [5.74, 6) is 4.29. The van der Waals surface area contributed by atoms with Crippen LogP contribution in [0.25, 0.3) is 0 Å². The van der Waals surface area contributed by atoms with E-state index in [1.807, 2.05) is 13.0 Å². The lowest BCUT2D eigenvalue weighted by Gasteiger charge is -2.53. The van der Waals surface area contributed by atoms with E-state index < -0.39 is 0 Å². The third-order valence-electron chi connectivity index (χ3n) is 5.52. The zero-order chi connectivity index (χ0) is 13.0. The Bertz CT molecular complexity index is 472. The molecule has 5 rings (SSSR count). The Kier molecular flexibility index (Phi) is 2.51. The quantitative estimate of drug-likeness (QED) is 0.886. The number of nitrogens with two attached hydrogens (primary N) is 1. The second-order valence-electron chi connectivity index (χ2n) is 6.89. The molecule has 19 heavy (non-hydrogen) atoms. The third-order valence-corrected chi connectivity index (χ3v) is 5.52. The van der Waals surface area contributed by atoms with Crippen LogP contribution in [-0.4, -0.2) is 11.1 Å². The topological polar surface area (TPSA) is 48.1 Å². The first-order valence-electron chi connectivity index (χ1n) is 7.58. The van der Waals surface area contributed by atoms with Gasteiger partial charge >= 0.3 is 0 Å². The number of aromatic nitrogens is 1. The maximum absolute atomic E-state index is 6.26. The van der Waals surface area contributed by atoms with Crippen LogP contribution in [0.1, 0.15) is 37.7 Å². The van der Waals surface area contributed by atoms with Gasteiger partial charge in [-0.1, -0.05) is 0 Å². The minimum atomic E-state index is 0.406. The smallest absolute Gasteiger partial charge is 0.213 e. The SMILES string of the molecule is Cc1cc(OC2C3CC4CC(C3)CC2C4)ncc1N. The summed E-state index contributed by atoms with van der Waals surface area (Å²) in [5.41, 5.74) is 7.63. The molecule has 0 atom stereocenters. The average Bonchev–Trinajstić information content (AvgIpc) is 2.37. The number of aryl methyl sites for hydroxylation is 1. The highest BCUT2D eigenvalue weighted by Gasteiger charge is 2.49. The van der Waals surface area contributed by atoms with Gasteiger partial charge in [-0.2, -0.15) is 0 Å². The molecule has 1 aromatic rings. The first kappa shape index (κ1) is 11.6. The predicted molar refractivity (Wildman–Crippen MR) is 74.8 cm³/mol. The summed E-state index contributed by atoms with van der Waals surface area (Å²) in [7, 11) is 0. The number of rotatable bonds is 2. The third kappa shape index (κ3) is 1.90. The van der Waals surface area contributed by atoms with Gasteiger partial charge in [-0.3, -0.25) is 0 Å². The van der Waals surface area contributed by atoms with E-state index in [2.05, 4.69) is 4.98 Å². The molecule has 0 unspecified atom stereocenters. The van der Waals surface area contributed by atoms with Crippen LogP contribution in [0.5, 0.6) is 5.88 Å². The Morgan fingerprint density at radius 1 is 1.11 bits per heavy atom. The van der Waals surface area contributed by atoms with E-state index in [1.54, 1.807) is 6.20 Å². The number of nitrogen functional groups attached to an aromatic ring is 1. The van der Waals surface area contributed by atoms with Crippen molar-refractivity contribution in [3.63, 3.8) is 0 Å². The van der Waals surface area contributed by atoms with Crippen molar-refractivity contribution in [2.75, 3.05) is 5.73 Å². The van der Waals surface area contributed by atoms with E-state index in [1.165, 1.54) is 32.1 Å². The minimum Gasteiger partial charge on any atom is -0.474 e. The predicted octanol–water partition coefficient (Wildman–Crippen LogP) is 3.18. The van der Waals surface area contributed by atoms with Gasteiger partial charge < -0.3 is 10.5 Å². The van der Waals surface area contributed by atoms with E-state index in [9.17, 15) is 0 Å². The number of anilines is 1. The molecule has 4 fully saturated rings. The standard InChI is InChI=1S/C16H22N2O/c1-9-2-15(18-8-14(9)17)19-16-12-4-10-3-11(6-12)7-13(16)5-10/h2,8,10-13,16H,3-7,17H2,1H3. The molecule has 0 radical (unpaired) electrons. The molecule has 0 aromatic carbocycles. The van der Waals surface area contributed by atoms with Crippen molar-refractivity contribution in [1.82, 2.24) is 4.98 Å². The second-order valence-corrected chi connectivity index (χ2v) is 6.89. The van der Waals surface area contributed by atoms with Crippen LogP contribution in [0.4, 0.5) is 5.69 Å². The minimum absolute atomic E-state index is 0.406. The van der Waals surface area contributed by atoms with Crippen molar-refractivity contribution in [3.05, 3.63) is 17.8 Å². The van der Waals surface area contributed by atoms with Gasteiger partial charge in [0.2, 0.25) is 5.88 Å². The number of pyridine rings is 1. The van der Waals surface area contributed by atoms with Crippen LogP contribution in [0.2, 0.25) is 0 Å². The van der Waals surface area contributed by atoms with Gasteiger partial charge in [0.15, 0.2) is 0 Å². The molecule has 102 valence electrons. The fourth-order valence-corrected chi connectivity index (χ4v) is 4.81. The Labute approximate surface area is 114 Å². The Morgan fingerprint density at radius 2 is 1.74 bits per heavy atom. The second kappa shape index (κ2) is 4.12. The normalized spacial score (nSPS) is 39.5. The molecule has 0 aliphatic heterocycles. The molecule has 1 aromatic heterocycles. The summed E-state index contributed by atoms with van der Waals surface area (Å²) in [6.45, 7) is 2.01. The number of hydrogen-bond donors (Lipinski definition) is 1. The molecule has 3 heteroatoms. The molecular formula is C16H22N2O. The van der Waals surface area contributed by atoms with Gasteiger partial charge in [0.25, 0.3) is 0 Å². The van der Waals surface area contributed by atoms with Crippen molar-refractivity contribution in [2.45, 2.75) is 45.1 Å². The lowest BCUT2D eigenvalue weighted by atomic mass is 9.55. The van der Waals surface area contributed by atoms with Gasteiger partial charge in [0.1, 0.15) is 6.10 Å². The molecule has 4 saturated carbocycles. The average molecular weight is 258 g/mol. The number of ether oxygens (including phenoxy) is 1. The van der Waals surface area contributed by atoms with Crippen molar-refractivity contribution < 1.29 is 4.74 Å². The van der Waals surface area contributed by atoms with Gasteiger partial charge in [-0.15, -0.1) is 0 Å². The Morgan fingerprint density at radius 3 is 2.32 bits per heavy atom. The summed E-state index contributed by atoms with van der Waals surface area (Å²) >= 11 is 0. The van der Waals surface area contributed by atoms with Crippen LogP contribution in [-0.2, 0) is 0 Å². The monoisotopic (exact) mass is 258 g/mol. The highest BCUT2D eigenvalue weighted by Crippen LogP contribution is 2.54. The highest BCUT2D eigenvalue weighted by atomic mass is 16.5. The number of nitrogens with zero attached hydrogens (tertiary/aromatic N) is 1. The molecule has 4 bridgehead atoms. The van der Waals surface area contributed by atoms with E-state index >= 15 is 0 Å². The lowest BCUT2D eigenvalue weighted by Crippen LogP contribution is -2.50. The van der Waals surface area contributed by atoms with Gasteiger partial charge in [0.05, 0.1) is 11.9 Å². The first-order chi connectivity index (χ1) is 9.19. The summed E-state index contributed by atoms with van der Waals surface area (Å²) in [6.07, 6.45) is 9.14. The Balaban J connectivity index is 1.55. The van der Waals surface area contributed by atoms with Crippen molar-refractivity contribution in [1.29, 1.82) is 0 Å². The first-order valence-corrected chi connectivity index (χ1v) is 7.58. The lowest BCUT2D eigenvalue weighted by molar-refractivity contribution is -0.0805. The molecule has 4 aliphatic carbocycles. The largest absolute Gasteiger partial charge is 0.474 e. The van der Waals surface area contributed by atoms with Crippen LogP contribution < -0.4 is 10.5 Å². The molecule has 0 amide bonds. The highest BCUT2D eigenvalue weighted by molar-refractivity contribution is 5.45. The zero-order valence-corrected chi connectivity index (χ0v) is 11.5. The van der Waals surface area contributed by atoms with Crippen LogP contribution in [0, 0.1) is 30.6 Å². The molecule has 3 nitrogen and oxygen atoms in total. The number of hydrogen-bond acceptors (Lipinski definition) is 3. The summed E-state index contributed by atoms with van der Waals surface area (Å²) < 4.78 is 6.26. The van der Waals surface area contributed by atoms with Crippen molar-refractivity contribution in [3.8, 4) is 5.88 Å². The summed E-state index contributed by atoms with van der Waals surface area (Å²) in [6, 6.07) is 1.99. The summed E-state index contributed by atoms with van der Waals surface area (Å²) in [5, 5.41) is 0. The van der Waals surface area contributed by atoms with E-state index in [0.29, 0.717) is 6.10 Å². The Hall–Kier alpha value is -1.25. The summed E-state index contributed by atoms with van der Waals surface area (Å²) in [4.78, 5) is 4.34. The fraction of sp³-hybridized carbons (Fsp3) is 0.688. The maximum atomic E-state index is 6.26. The molecule has 1 heterocycles. The molecule has 2 N–H and O–H groups in total. The molecule has 4 aliphatic rings. The van der Waals surface area contributed by atoms with E-state index in [-0.39, 0.29) is 0 Å². The van der Waals surface area contributed by atoms with Crippen LogP contribution in [0.15, 0.2) is 12.3 Å².